The summed E-state index contributed by atoms with van der Waals surface area (Å²) in [6.07, 6.45) is 2.23. The van der Waals surface area contributed by atoms with Gasteiger partial charge in [-0.25, -0.2) is 8.42 Å². The van der Waals surface area contributed by atoms with Gasteiger partial charge < -0.3 is 4.90 Å². The van der Waals surface area contributed by atoms with Gasteiger partial charge >= 0.3 is 0 Å². The van der Waals surface area contributed by atoms with Crippen molar-refractivity contribution in [3.8, 4) is 0 Å². The van der Waals surface area contributed by atoms with Gasteiger partial charge in [0.25, 0.3) is 0 Å². The Labute approximate surface area is 134 Å². The van der Waals surface area contributed by atoms with Crippen LogP contribution in [0.4, 0.5) is 0 Å². The van der Waals surface area contributed by atoms with Crippen molar-refractivity contribution in [1.82, 2.24) is 4.31 Å². The van der Waals surface area contributed by atoms with Gasteiger partial charge in [-0.1, -0.05) is 23.3 Å². The van der Waals surface area contributed by atoms with Gasteiger partial charge in [0.05, 0.1) is 37.6 Å². The number of aryl methyl sites for hydroxylation is 2. The largest absolute Gasteiger partial charge is 0.329 e. The van der Waals surface area contributed by atoms with Crippen molar-refractivity contribution in [2.45, 2.75) is 32.6 Å². The van der Waals surface area contributed by atoms with Crippen molar-refractivity contribution < 1.29 is 13.3 Å². The number of nitrogens with one attached hydrogen (secondary N) is 1. The molecule has 1 saturated heterocycles. The molecule has 1 N–H and O–H groups in total. The normalized spacial score (nSPS) is 17.5. The van der Waals surface area contributed by atoms with E-state index in [0.717, 1.165) is 30.8 Å². The predicted octanol–water partition coefficient (Wildman–Crippen LogP) is 1.16. The number of allylic oxidation sites excluding steroid dienone is 1. The maximum absolute atomic E-state index is 12.8. The molecular weight excluding hydrogens is 296 g/mol. The zero-order valence-corrected chi connectivity index (χ0v) is 14.8. The summed E-state index contributed by atoms with van der Waals surface area (Å²) in [6.45, 7) is 12.0. The van der Waals surface area contributed by atoms with Crippen LogP contribution in [-0.2, 0) is 10.0 Å². The molecule has 0 unspecified atom stereocenters. The van der Waals surface area contributed by atoms with Crippen molar-refractivity contribution in [2.24, 2.45) is 0 Å². The molecule has 2 rings (SSSR count). The molecule has 1 fully saturated rings. The number of hydrogen-bond acceptors (Lipinski definition) is 2. The molecule has 22 heavy (non-hydrogen) atoms. The molecule has 1 aromatic carbocycles. The zero-order chi connectivity index (χ0) is 16.3. The molecule has 0 radical (unpaired) electrons. The van der Waals surface area contributed by atoms with Crippen LogP contribution in [0.3, 0.4) is 0 Å². The third-order valence-corrected chi connectivity index (χ3v) is 6.24. The molecule has 1 aliphatic heterocycles. The number of benzene rings is 1. The molecule has 0 saturated carbocycles. The Hall–Kier alpha value is -1.17. The number of hydrogen-bond donors (Lipinski definition) is 1. The lowest BCUT2D eigenvalue weighted by Crippen LogP contribution is -3.14. The molecule has 0 spiro atoms. The fraction of sp³-hybridized carbons (Fsp3) is 0.529. The van der Waals surface area contributed by atoms with Crippen molar-refractivity contribution in [3.05, 3.63) is 41.0 Å². The highest BCUT2D eigenvalue weighted by Gasteiger charge is 2.30. The Balaban J connectivity index is 2.08. The van der Waals surface area contributed by atoms with E-state index in [1.54, 1.807) is 10.4 Å². The van der Waals surface area contributed by atoms with Crippen LogP contribution in [0, 0.1) is 13.8 Å². The SMILES string of the molecule is CC(C)=CC[NH+]1CCN(S(=O)(=O)c2ccc(C)cc2C)CC1. The summed E-state index contributed by atoms with van der Waals surface area (Å²) in [7, 11) is -3.36. The van der Waals surface area contributed by atoms with Gasteiger partial charge in [0, 0.05) is 0 Å². The zero-order valence-electron chi connectivity index (χ0n) is 14.0. The lowest BCUT2D eigenvalue weighted by atomic mass is 10.2. The average molecular weight is 323 g/mol. The maximum Gasteiger partial charge on any atom is 0.243 e. The van der Waals surface area contributed by atoms with Gasteiger partial charge in [-0.15, -0.1) is 0 Å². The van der Waals surface area contributed by atoms with Crippen molar-refractivity contribution in [2.75, 3.05) is 32.7 Å². The molecular formula is C17H27N2O2S+. The number of piperazine rings is 1. The number of sulfonamides is 1. The first kappa shape index (κ1) is 17.2. The second-order valence-electron chi connectivity index (χ2n) is 6.41. The monoisotopic (exact) mass is 323 g/mol. The molecule has 0 amide bonds. The minimum Gasteiger partial charge on any atom is -0.329 e. The Bertz CT molecular complexity index is 653. The van der Waals surface area contributed by atoms with E-state index in [0.29, 0.717) is 18.0 Å². The summed E-state index contributed by atoms with van der Waals surface area (Å²) in [4.78, 5) is 1.90. The summed E-state index contributed by atoms with van der Waals surface area (Å²) >= 11 is 0. The van der Waals surface area contributed by atoms with Crippen LogP contribution in [0.2, 0.25) is 0 Å². The van der Waals surface area contributed by atoms with Gasteiger partial charge in [0.1, 0.15) is 0 Å². The van der Waals surface area contributed by atoms with E-state index in [-0.39, 0.29) is 0 Å². The first-order chi connectivity index (χ1) is 10.3. The van der Waals surface area contributed by atoms with Crippen LogP contribution >= 0.6 is 0 Å². The highest BCUT2D eigenvalue weighted by molar-refractivity contribution is 7.89. The Morgan fingerprint density at radius 3 is 2.41 bits per heavy atom. The van der Waals surface area contributed by atoms with Crippen molar-refractivity contribution in [3.63, 3.8) is 0 Å². The van der Waals surface area contributed by atoms with Crippen LogP contribution in [0.5, 0.6) is 0 Å². The number of rotatable bonds is 4. The third kappa shape index (κ3) is 3.97. The van der Waals surface area contributed by atoms with E-state index in [4.69, 9.17) is 0 Å². The van der Waals surface area contributed by atoms with Gasteiger partial charge in [-0.2, -0.15) is 4.31 Å². The van der Waals surface area contributed by atoms with E-state index in [9.17, 15) is 8.42 Å². The molecule has 122 valence electrons. The molecule has 5 heteroatoms. The highest BCUT2D eigenvalue weighted by Crippen LogP contribution is 2.20. The summed E-state index contributed by atoms with van der Waals surface area (Å²) in [5.74, 6) is 0. The van der Waals surface area contributed by atoms with Crippen LogP contribution in [0.25, 0.3) is 0 Å². The van der Waals surface area contributed by atoms with E-state index < -0.39 is 10.0 Å². The minimum atomic E-state index is -3.36. The van der Waals surface area contributed by atoms with Crippen LogP contribution in [0.1, 0.15) is 25.0 Å². The van der Waals surface area contributed by atoms with E-state index in [1.807, 2.05) is 26.0 Å². The van der Waals surface area contributed by atoms with Crippen molar-refractivity contribution >= 4 is 10.0 Å². The first-order valence-corrected chi connectivity index (χ1v) is 9.29. The molecule has 0 aliphatic carbocycles. The molecule has 0 bridgehead atoms. The quantitative estimate of drug-likeness (QED) is 0.845. The first-order valence-electron chi connectivity index (χ1n) is 7.85. The topological polar surface area (TPSA) is 41.8 Å². The molecule has 4 nitrogen and oxygen atoms in total. The molecule has 0 aromatic heterocycles. The van der Waals surface area contributed by atoms with Crippen molar-refractivity contribution in [1.29, 1.82) is 0 Å². The molecule has 1 aromatic rings. The summed E-state index contributed by atoms with van der Waals surface area (Å²) in [6, 6.07) is 5.54. The molecule has 0 atom stereocenters. The third-order valence-electron chi connectivity index (χ3n) is 4.18. The summed E-state index contributed by atoms with van der Waals surface area (Å²) in [5.41, 5.74) is 3.24. The minimum absolute atomic E-state index is 0.450. The second-order valence-corrected chi connectivity index (χ2v) is 8.31. The summed E-state index contributed by atoms with van der Waals surface area (Å²) in [5, 5.41) is 0. The average Bonchev–Trinajstić information content (AvgIpc) is 2.45. The van der Waals surface area contributed by atoms with Gasteiger partial charge in [0.15, 0.2) is 0 Å². The molecule has 1 heterocycles. The fourth-order valence-electron chi connectivity index (χ4n) is 2.82. The fourth-order valence-corrected chi connectivity index (χ4v) is 4.47. The lowest BCUT2D eigenvalue weighted by Gasteiger charge is -2.31. The second kappa shape index (κ2) is 6.94. The van der Waals surface area contributed by atoms with Gasteiger partial charge in [-0.05, 0) is 45.4 Å². The van der Waals surface area contributed by atoms with E-state index in [2.05, 4.69) is 19.9 Å². The lowest BCUT2D eigenvalue weighted by molar-refractivity contribution is -0.897. The van der Waals surface area contributed by atoms with Crippen LogP contribution in [0.15, 0.2) is 34.7 Å². The Morgan fingerprint density at radius 2 is 1.86 bits per heavy atom. The van der Waals surface area contributed by atoms with Gasteiger partial charge in [0.2, 0.25) is 10.0 Å². The predicted molar refractivity (Wildman–Crippen MR) is 89.7 cm³/mol. The number of nitrogens with zero attached hydrogens (tertiary/aromatic N) is 1. The number of quaternary nitrogens is 1. The Morgan fingerprint density at radius 1 is 1.23 bits per heavy atom. The molecule has 1 aliphatic rings. The maximum atomic E-state index is 12.8. The van der Waals surface area contributed by atoms with Gasteiger partial charge in [-0.3, -0.25) is 0 Å². The highest BCUT2D eigenvalue weighted by atomic mass is 32.2. The summed E-state index contributed by atoms with van der Waals surface area (Å²) < 4.78 is 27.2. The Kier molecular flexibility index (Phi) is 5.42. The van der Waals surface area contributed by atoms with Crippen LogP contribution < -0.4 is 4.90 Å². The smallest absolute Gasteiger partial charge is 0.243 e. The standard InChI is InChI=1S/C17H26N2O2S/c1-14(2)7-8-18-9-11-19(12-10-18)22(20,21)17-6-5-15(3)13-16(17)4/h5-7,13H,8-12H2,1-4H3/p+1. The van der Waals surface area contributed by atoms with Crippen LogP contribution in [-0.4, -0.2) is 45.4 Å². The van der Waals surface area contributed by atoms with E-state index >= 15 is 0 Å². The van der Waals surface area contributed by atoms with E-state index in [1.165, 1.54) is 10.5 Å².